The second-order valence-corrected chi connectivity index (χ2v) is 4.17. The fraction of sp³-hybridized carbons (Fsp3) is 0.133. The van der Waals surface area contributed by atoms with E-state index in [-0.39, 0.29) is 0 Å². The molecule has 0 radical (unpaired) electrons. The Balaban J connectivity index is 1.94. The molecular formula is C15H14N2O. The third-order valence-corrected chi connectivity index (χ3v) is 2.89. The molecule has 0 aliphatic carbocycles. The van der Waals surface area contributed by atoms with Crippen molar-refractivity contribution >= 4 is 22.8 Å². The van der Waals surface area contributed by atoms with E-state index in [1.165, 1.54) is 5.56 Å². The van der Waals surface area contributed by atoms with E-state index in [1.54, 1.807) is 0 Å². The minimum atomic E-state index is 0.532. The van der Waals surface area contributed by atoms with Gasteiger partial charge >= 0.3 is 0 Å². The minimum Gasteiger partial charge on any atom is -0.423 e. The van der Waals surface area contributed by atoms with E-state index in [0.29, 0.717) is 6.01 Å². The molecule has 18 heavy (non-hydrogen) atoms. The summed E-state index contributed by atoms with van der Waals surface area (Å²) in [5.74, 6) is 0. The van der Waals surface area contributed by atoms with Crippen LogP contribution in [-0.2, 0) is 6.42 Å². The number of oxazole rings is 1. The van der Waals surface area contributed by atoms with Gasteiger partial charge in [0, 0.05) is 5.69 Å². The SMILES string of the molecule is CCc1ccc2oc(Nc3ccccc3)nc2c1. The van der Waals surface area contributed by atoms with Gasteiger partial charge in [-0.25, -0.2) is 0 Å². The Kier molecular flexibility index (Phi) is 2.73. The van der Waals surface area contributed by atoms with Crippen molar-refractivity contribution in [3.8, 4) is 0 Å². The van der Waals surface area contributed by atoms with Gasteiger partial charge in [0.25, 0.3) is 6.01 Å². The van der Waals surface area contributed by atoms with Crippen molar-refractivity contribution < 1.29 is 4.42 Å². The molecule has 0 fully saturated rings. The Hall–Kier alpha value is -2.29. The second kappa shape index (κ2) is 4.53. The summed E-state index contributed by atoms with van der Waals surface area (Å²) in [7, 11) is 0. The summed E-state index contributed by atoms with van der Waals surface area (Å²) in [6.07, 6.45) is 1.00. The van der Waals surface area contributed by atoms with Crippen molar-refractivity contribution in [2.75, 3.05) is 5.32 Å². The van der Waals surface area contributed by atoms with Crippen LogP contribution in [0.2, 0.25) is 0 Å². The Morgan fingerprint density at radius 1 is 1.11 bits per heavy atom. The van der Waals surface area contributed by atoms with Crippen molar-refractivity contribution in [1.82, 2.24) is 4.98 Å². The summed E-state index contributed by atoms with van der Waals surface area (Å²) in [6.45, 7) is 2.13. The van der Waals surface area contributed by atoms with Crippen LogP contribution in [0.3, 0.4) is 0 Å². The van der Waals surface area contributed by atoms with Gasteiger partial charge in [0.2, 0.25) is 0 Å². The zero-order chi connectivity index (χ0) is 12.4. The van der Waals surface area contributed by atoms with Gasteiger partial charge in [0.1, 0.15) is 5.52 Å². The molecule has 0 aliphatic rings. The third-order valence-electron chi connectivity index (χ3n) is 2.89. The van der Waals surface area contributed by atoms with Crippen LogP contribution < -0.4 is 5.32 Å². The van der Waals surface area contributed by atoms with Crippen LogP contribution in [0.5, 0.6) is 0 Å². The van der Waals surface area contributed by atoms with E-state index in [0.717, 1.165) is 23.2 Å². The number of benzene rings is 2. The van der Waals surface area contributed by atoms with Crippen LogP contribution in [0.15, 0.2) is 52.9 Å². The van der Waals surface area contributed by atoms with Crippen molar-refractivity contribution in [3.05, 3.63) is 54.1 Å². The van der Waals surface area contributed by atoms with Crippen LogP contribution in [0, 0.1) is 0 Å². The molecule has 3 heteroatoms. The predicted molar refractivity (Wildman–Crippen MR) is 73.1 cm³/mol. The first kappa shape index (κ1) is 10.8. The van der Waals surface area contributed by atoms with Gasteiger partial charge in [-0.3, -0.25) is 0 Å². The van der Waals surface area contributed by atoms with Gasteiger partial charge in [-0.05, 0) is 36.2 Å². The zero-order valence-corrected chi connectivity index (χ0v) is 10.2. The van der Waals surface area contributed by atoms with E-state index in [2.05, 4.69) is 29.4 Å². The van der Waals surface area contributed by atoms with E-state index in [1.807, 2.05) is 36.4 Å². The Morgan fingerprint density at radius 3 is 2.72 bits per heavy atom. The summed E-state index contributed by atoms with van der Waals surface area (Å²) in [4.78, 5) is 4.44. The zero-order valence-electron chi connectivity index (χ0n) is 10.2. The van der Waals surface area contributed by atoms with E-state index >= 15 is 0 Å². The summed E-state index contributed by atoms with van der Waals surface area (Å²) >= 11 is 0. The molecule has 0 aliphatic heterocycles. The van der Waals surface area contributed by atoms with Gasteiger partial charge in [0.15, 0.2) is 5.58 Å². The lowest BCUT2D eigenvalue weighted by Crippen LogP contribution is -1.88. The molecular weight excluding hydrogens is 224 g/mol. The molecule has 2 aromatic carbocycles. The Morgan fingerprint density at radius 2 is 1.94 bits per heavy atom. The first-order valence-electron chi connectivity index (χ1n) is 6.06. The predicted octanol–water partition coefficient (Wildman–Crippen LogP) is 4.13. The molecule has 0 unspecified atom stereocenters. The number of para-hydroxylation sites is 1. The van der Waals surface area contributed by atoms with E-state index in [4.69, 9.17) is 4.42 Å². The number of hydrogen-bond donors (Lipinski definition) is 1. The smallest absolute Gasteiger partial charge is 0.300 e. The Labute approximate surface area is 105 Å². The molecule has 0 atom stereocenters. The van der Waals surface area contributed by atoms with Crippen LogP contribution in [0.25, 0.3) is 11.1 Å². The van der Waals surface area contributed by atoms with Crippen LogP contribution in [0.4, 0.5) is 11.7 Å². The molecule has 0 saturated heterocycles. The molecule has 1 heterocycles. The quantitative estimate of drug-likeness (QED) is 0.745. The lowest BCUT2D eigenvalue weighted by molar-refractivity contribution is 0.623. The number of fused-ring (bicyclic) bond motifs is 1. The van der Waals surface area contributed by atoms with Gasteiger partial charge in [-0.1, -0.05) is 31.2 Å². The molecule has 0 bridgehead atoms. The maximum Gasteiger partial charge on any atom is 0.300 e. The van der Waals surface area contributed by atoms with E-state index < -0.39 is 0 Å². The van der Waals surface area contributed by atoms with Gasteiger partial charge in [-0.2, -0.15) is 4.98 Å². The molecule has 0 spiro atoms. The summed E-state index contributed by atoms with van der Waals surface area (Å²) in [5, 5.41) is 3.15. The van der Waals surface area contributed by atoms with Crippen molar-refractivity contribution in [2.24, 2.45) is 0 Å². The molecule has 1 aromatic heterocycles. The maximum atomic E-state index is 5.65. The maximum absolute atomic E-state index is 5.65. The second-order valence-electron chi connectivity index (χ2n) is 4.17. The van der Waals surface area contributed by atoms with Crippen molar-refractivity contribution in [1.29, 1.82) is 0 Å². The van der Waals surface area contributed by atoms with Crippen molar-refractivity contribution in [2.45, 2.75) is 13.3 Å². The Bertz CT molecular complexity index is 659. The van der Waals surface area contributed by atoms with Crippen LogP contribution in [-0.4, -0.2) is 4.98 Å². The number of aryl methyl sites for hydroxylation is 1. The first-order valence-corrected chi connectivity index (χ1v) is 6.06. The highest BCUT2D eigenvalue weighted by Gasteiger charge is 2.06. The molecule has 90 valence electrons. The van der Waals surface area contributed by atoms with Gasteiger partial charge < -0.3 is 9.73 Å². The fourth-order valence-corrected chi connectivity index (χ4v) is 1.89. The topological polar surface area (TPSA) is 38.1 Å². The number of rotatable bonds is 3. The number of aromatic nitrogens is 1. The molecule has 0 amide bonds. The van der Waals surface area contributed by atoms with Crippen molar-refractivity contribution in [3.63, 3.8) is 0 Å². The average molecular weight is 238 g/mol. The van der Waals surface area contributed by atoms with E-state index in [9.17, 15) is 0 Å². The largest absolute Gasteiger partial charge is 0.423 e. The number of nitrogens with zero attached hydrogens (tertiary/aromatic N) is 1. The molecule has 0 saturated carbocycles. The highest BCUT2D eigenvalue weighted by molar-refractivity contribution is 5.76. The highest BCUT2D eigenvalue weighted by Crippen LogP contribution is 2.22. The third kappa shape index (κ3) is 2.07. The normalized spacial score (nSPS) is 10.7. The molecule has 1 N–H and O–H groups in total. The average Bonchev–Trinajstić information content (AvgIpc) is 2.80. The highest BCUT2D eigenvalue weighted by atomic mass is 16.4. The van der Waals surface area contributed by atoms with Gasteiger partial charge in [0.05, 0.1) is 0 Å². The summed E-state index contributed by atoms with van der Waals surface area (Å²) in [5.41, 5.74) is 3.94. The monoisotopic (exact) mass is 238 g/mol. The molecule has 3 rings (SSSR count). The summed E-state index contributed by atoms with van der Waals surface area (Å²) < 4.78 is 5.65. The fourth-order valence-electron chi connectivity index (χ4n) is 1.89. The lowest BCUT2D eigenvalue weighted by Gasteiger charge is -1.98. The minimum absolute atomic E-state index is 0.532. The molecule has 3 aromatic rings. The molecule has 3 nitrogen and oxygen atoms in total. The first-order chi connectivity index (χ1) is 8.85. The lowest BCUT2D eigenvalue weighted by atomic mass is 10.1. The summed E-state index contributed by atoms with van der Waals surface area (Å²) in [6, 6.07) is 16.5. The van der Waals surface area contributed by atoms with Crippen LogP contribution in [0.1, 0.15) is 12.5 Å². The van der Waals surface area contributed by atoms with Crippen LogP contribution >= 0.6 is 0 Å². The van der Waals surface area contributed by atoms with Gasteiger partial charge in [-0.15, -0.1) is 0 Å². The number of hydrogen-bond acceptors (Lipinski definition) is 3. The number of nitrogens with one attached hydrogen (secondary N) is 1. The number of anilines is 2. The standard InChI is InChI=1S/C15H14N2O/c1-2-11-8-9-14-13(10-11)17-15(18-14)16-12-6-4-3-5-7-12/h3-10H,2H2,1H3,(H,16,17).